The summed E-state index contributed by atoms with van der Waals surface area (Å²) in [7, 11) is -4.67. The minimum atomic E-state index is -4.67. The van der Waals surface area contributed by atoms with Crippen molar-refractivity contribution < 1.29 is 70.3 Å². The zero-order valence-electron chi connectivity index (χ0n) is 7.09. The van der Waals surface area contributed by atoms with E-state index in [0.29, 0.717) is 0 Å². The Morgan fingerprint density at radius 2 is 1.23 bits per heavy atom. The van der Waals surface area contributed by atoms with Crippen LogP contribution < -0.4 is 51.4 Å². The van der Waals surface area contributed by atoms with Gasteiger partial charge in [0.25, 0.3) is 0 Å². The Morgan fingerprint density at radius 1 is 1.15 bits per heavy atom. The first-order valence-electron chi connectivity index (χ1n) is 1.99. The Kier molecular flexibility index (Phi) is 14.8. The first-order chi connectivity index (χ1) is 4.94. The molecule has 0 aromatic carbocycles. The van der Waals surface area contributed by atoms with Gasteiger partial charge < -0.3 is 1.43 Å². The molecular weight excluding hydrogens is 336 g/mol. The molecule has 0 aliphatic carbocycles. The molecule has 13 heavy (non-hydrogen) atoms. The molecule has 0 radical (unpaired) electrons. The van der Waals surface area contributed by atoms with Crippen LogP contribution in [0.5, 0.6) is 0 Å². The van der Waals surface area contributed by atoms with Crippen molar-refractivity contribution in [2.75, 3.05) is 0 Å². The molecule has 0 heterocycles. The maximum absolute atomic E-state index is 8.74. The fourth-order valence-electron chi connectivity index (χ4n) is 0. The molecule has 0 fully saturated rings. The Balaban J connectivity index is -0.0000000651. The maximum Gasteiger partial charge on any atom is 1.00 e. The quantitative estimate of drug-likeness (QED) is 0.358. The van der Waals surface area contributed by atoms with Crippen molar-refractivity contribution in [2.24, 2.45) is 0 Å². The largest absolute Gasteiger partial charge is 1.00 e. The topological polar surface area (TPSA) is 74.6 Å². The van der Waals surface area contributed by atoms with Crippen molar-refractivity contribution in [1.82, 2.24) is 0 Å². The Labute approximate surface area is 145 Å². The molecule has 0 saturated heterocycles. The normalized spacial score (nSPS) is 11.4. The average molecular weight is 340 g/mol. The molecule has 0 spiro atoms. The van der Waals surface area contributed by atoms with Gasteiger partial charge in [0.15, 0.2) is 4.84 Å². The van der Waals surface area contributed by atoms with E-state index >= 15 is 0 Å². The molecule has 0 aromatic rings. The van der Waals surface area contributed by atoms with E-state index in [1.165, 1.54) is 0 Å². The summed E-state index contributed by atoms with van der Waals surface area (Å²) in [6.45, 7) is 0. The molecule has 0 aromatic heterocycles. The fraction of sp³-hybridized carbons (Fsp3) is 1.00. The van der Waals surface area contributed by atoms with Crippen LogP contribution in [-0.2, 0) is 10.4 Å². The first-order valence-corrected chi connectivity index (χ1v) is 5.39. The maximum atomic E-state index is 8.74. The van der Waals surface area contributed by atoms with Crippen LogP contribution in [0.1, 0.15) is 1.43 Å². The molecule has 0 amide bonds. The Bertz CT molecular complexity index is 206. The van der Waals surface area contributed by atoms with Crippen molar-refractivity contribution in [3.05, 3.63) is 0 Å². The summed E-state index contributed by atoms with van der Waals surface area (Å²) >= 11 is 25.7. The molecule has 2 N–H and O–H groups in total. The van der Waals surface area contributed by atoms with E-state index in [4.69, 9.17) is 75.5 Å². The van der Waals surface area contributed by atoms with Gasteiger partial charge in [-0.25, -0.2) is 0 Å². The number of halogens is 5. The Morgan fingerprint density at radius 3 is 1.23 bits per heavy atom. The van der Waals surface area contributed by atoms with Crippen LogP contribution in [0.4, 0.5) is 0 Å². The fourth-order valence-corrected chi connectivity index (χ4v) is 0. The molecular formula is C2H4Cl5KO4S. The second kappa shape index (κ2) is 9.04. The predicted octanol–water partition coefficient (Wildman–Crippen LogP) is -0.376. The second-order valence-corrected chi connectivity index (χ2v) is 5.65. The number of alkyl halides is 5. The Hall–Kier alpha value is 2.96. The number of hydrogen-bond donors (Lipinski definition) is 2. The predicted molar refractivity (Wildman–Crippen MR) is 51.1 cm³/mol. The van der Waals surface area contributed by atoms with Gasteiger partial charge >= 0.3 is 61.8 Å². The van der Waals surface area contributed by atoms with Crippen LogP contribution in [0.15, 0.2) is 0 Å². The summed E-state index contributed by atoms with van der Waals surface area (Å²) in [6, 6.07) is 0. The van der Waals surface area contributed by atoms with Gasteiger partial charge in [0, 0.05) is 0 Å². The summed E-state index contributed by atoms with van der Waals surface area (Å²) in [5.41, 5.74) is 0. The molecule has 0 rings (SSSR count). The van der Waals surface area contributed by atoms with Crippen LogP contribution in [-0.4, -0.2) is 26.2 Å². The third-order valence-corrected chi connectivity index (χ3v) is 2.23. The summed E-state index contributed by atoms with van der Waals surface area (Å²) in [4.78, 5) is -0.961. The molecule has 4 nitrogen and oxygen atoms in total. The molecule has 0 saturated carbocycles. The standard InChI is InChI=1S/C2HCl5.K.H2O4S.H/c3-1(4)2(5,6)7;;1-5(2,3)4;/h1H;;(H2,1,2,3,4);/q;+1;;-1. The zero-order valence-corrected chi connectivity index (χ0v) is 13.8. The van der Waals surface area contributed by atoms with Crippen molar-refractivity contribution in [1.29, 1.82) is 0 Å². The average Bonchev–Trinajstić information content (AvgIpc) is 1.55. The smallest absolute Gasteiger partial charge is 1.00 e. The van der Waals surface area contributed by atoms with Gasteiger partial charge in [-0.1, -0.05) is 34.8 Å². The molecule has 0 aliphatic rings. The van der Waals surface area contributed by atoms with Gasteiger partial charge in [-0.05, 0) is 0 Å². The molecule has 78 valence electrons. The molecule has 0 atom stereocenters. The first kappa shape index (κ1) is 21.3. The van der Waals surface area contributed by atoms with Crippen molar-refractivity contribution in [3.63, 3.8) is 0 Å². The third kappa shape index (κ3) is 31.3. The minimum absolute atomic E-state index is 0. The monoisotopic (exact) mass is 338 g/mol. The van der Waals surface area contributed by atoms with Crippen LogP contribution in [0.25, 0.3) is 0 Å². The van der Waals surface area contributed by atoms with Crippen LogP contribution in [0.2, 0.25) is 0 Å². The zero-order chi connectivity index (χ0) is 10.6. The minimum Gasteiger partial charge on any atom is -1.00 e. The second-order valence-electron chi connectivity index (χ2n) is 1.29. The van der Waals surface area contributed by atoms with Crippen molar-refractivity contribution in [3.8, 4) is 0 Å². The van der Waals surface area contributed by atoms with Gasteiger partial charge in [-0.2, -0.15) is 8.42 Å². The SMILES string of the molecule is ClC(Cl)C(Cl)(Cl)Cl.O=S(=O)(O)O.[H-].[K+]. The van der Waals surface area contributed by atoms with E-state index in [9.17, 15) is 0 Å². The number of hydrogen-bond acceptors (Lipinski definition) is 2. The van der Waals surface area contributed by atoms with Gasteiger partial charge in [0.05, 0.1) is 0 Å². The van der Waals surface area contributed by atoms with Crippen LogP contribution >= 0.6 is 58.0 Å². The van der Waals surface area contributed by atoms with E-state index in [1.54, 1.807) is 0 Å². The van der Waals surface area contributed by atoms with Gasteiger partial charge in [-0.15, -0.1) is 23.2 Å². The molecule has 0 unspecified atom stereocenters. The van der Waals surface area contributed by atoms with Crippen LogP contribution in [0, 0.1) is 0 Å². The van der Waals surface area contributed by atoms with Crippen molar-refractivity contribution in [2.45, 2.75) is 8.63 Å². The van der Waals surface area contributed by atoms with E-state index in [1.807, 2.05) is 0 Å². The molecule has 0 bridgehead atoms. The summed E-state index contributed by atoms with van der Waals surface area (Å²) in [5, 5.41) is 0. The van der Waals surface area contributed by atoms with Gasteiger partial charge in [0.1, 0.15) is 0 Å². The summed E-state index contributed by atoms with van der Waals surface area (Å²) in [5.74, 6) is 0. The van der Waals surface area contributed by atoms with E-state index in [2.05, 4.69) is 0 Å². The summed E-state index contributed by atoms with van der Waals surface area (Å²) < 4.78 is 30.0. The summed E-state index contributed by atoms with van der Waals surface area (Å²) in [6.07, 6.45) is 0. The van der Waals surface area contributed by atoms with E-state index < -0.39 is 19.0 Å². The van der Waals surface area contributed by atoms with Crippen LogP contribution in [0.3, 0.4) is 0 Å². The molecule has 0 aliphatic heterocycles. The third-order valence-electron chi connectivity index (χ3n) is 0.247. The van der Waals surface area contributed by atoms with Gasteiger partial charge in [0.2, 0.25) is 3.79 Å². The number of rotatable bonds is 0. The van der Waals surface area contributed by atoms with Crippen molar-refractivity contribution >= 4 is 68.4 Å². The van der Waals surface area contributed by atoms with Gasteiger partial charge in [-0.3, -0.25) is 9.11 Å². The van der Waals surface area contributed by atoms with E-state index in [0.717, 1.165) is 0 Å². The van der Waals surface area contributed by atoms with E-state index in [-0.39, 0.29) is 52.8 Å². The molecule has 11 heteroatoms.